The number of amides is 1. The van der Waals surface area contributed by atoms with Crippen molar-refractivity contribution in [2.45, 2.75) is 31.7 Å². The highest BCUT2D eigenvalue weighted by Crippen LogP contribution is 2.48. The number of halogens is 1. The lowest BCUT2D eigenvalue weighted by Gasteiger charge is -2.52. The summed E-state index contributed by atoms with van der Waals surface area (Å²) in [4.78, 5) is 15.8. The molecule has 2 aliphatic rings. The maximum Gasteiger partial charge on any atom is 0.253 e. The summed E-state index contributed by atoms with van der Waals surface area (Å²) >= 11 is 0. The lowest BCUT2D eigenvalue weighted by atomic mass is 9.60. The van der Waals surface area contributed by atoms with Crippen molar-refractivity contribution in [3.8, 4) is 0 Å². The highest BCUT2D eigenvalue weighted by molar-refractivity contribution is 5.94. The number of nitrogens with zero attached hydrogens (tertiary/aromatic N) is 1. The Morgan fingerprint density at radius 3 is 2.79 bits per heavy atom. The van der Waals surface area contributed by atoms with Crippen LogP contribution >= 0.6 is 0 Å². The standard InChI is InChI=1S/C14H17FN2O2/c15-11-7-10(8-16-9-11)13(18)17-12-1-2-14(12)3-5-19-6-4-14/h7-9,12H,1-6H2,(H,17,18). The Kier molecular flexibility index (Phi) is 3.22. The topological polar surface area (TPSA) is 51.2 Å². The molecule has 19 heavy (non-hydrogen) atoms. The Hall–Kier alpha value is -1.49. The molecule has 1 aliphatic heterocycles. The smallest absolute Gasteiger partial charge is 0.253 e. The van der Waals surface area contributed by atoms with E-state index in [1.54, 1.807) is 0 Å². The number of ether oxygens (including phenoxy) is 1. The van der Waals surface area contributed by atoms with E-state index < -0.39 is 5.82 Å². The van der Waals surface area contributed by atoms with Crippen molar-refractivity contribution in [2.75, 3.05) is 13.2 Å². The van der Waals surface area contributed by atoms with Crippen LogP contribution in [0.5, 0.6) is 0 Å². The lowest BCUT2D eigenvalue weighted by Crippen LogP contribution is -2.57. The SMILES string of the molecule is O=C(NC1CCC12CCOCC2)c1cncc(F)c1. The van der Waals surface area contributed by atoms with Crippen LogP contribution in [0.15, 0.2) is 18.5 Å². The molecule has 3 rings (SSSR count). The van der Waals surface area contributed by atoms with Crippen molar-refractivity contribution >= 4 is 5.91 Å². The minimum Gasteiger partial charge on any atom is -0.381 e. The summed E-state index contributed by atoms with van der Waals surface area (Å²) in [5, 5.41) is 3.02. The predicted octanol–water partition coefficient (Wildman–Crippen LogP) is 1.91. The number of hydrogen-bond acceptors (Lipinski definition) is 3. The first-order valence-electron chi connectivity index (χ1n) is 6.69. The zero-order valence-electron chi connectivity index (χ0n) is 10.7. The molecule has 1 aliphatic carbocycles. The Bertz CT molecular complexity index is 486. The fourth-order valence-electron chi connectivity index (χ4n) is 3.08. The largest absolute Gasteiger partial charge is 0.381 e. The van der Waals surface area contributed by atoms with Gasteiger partial charge in [-0.05, 0) is 37.2 Å². The molecular formula is C14H17FN2O2. The molecule has 1 aromatic heterocycles. The lowest BCUT2D eigenvalue weighted by molar-refractivity contribution is -0.0523. The highest BCUT2D eigenvalue weighted by Gasteiger charge is 2.47. The third-order valence-corrected chi connectivity index (χ3v) is 4.43. The van der Waals surface area contributed by atoms with Gasteiger partial charge in [0.2, 0.25) is 0 Å². The van der Waals surface area contributed by atoms with E-state index in [4.69, 9.17) is 4.74 Å². The van der Waals surface area contributed by atoms with Gasteiger partial charge in [-0.1, -0.05) is 0 Å². The maximum atomic E-state index is 13.0. The molecule has 1 spiro atoms. The highest BCUT2D eigenvalue weighted by atomic mass is 19.1. The van der Waals surface area contributed by atoms with Crippen LogP contribution < -0.4 is 5.32 Å². The summed E-state index contributed by atoms with van der Waals surface area (Å²) in [6, 6.07) is 1.41. The van der Waals surface area contributed by atoms with Crippen LogP contribution in [-0.2, 0) is 4.74 Å². The van der Waals surface area contributed by atoms with Gasteiger partial charge in [0, 0.05) is 25.5 Å². The van der Waals surface area contributed by atoms with Crippen molar-refractivity contribution in [1.82, 2.24) is 10.3 Å². The second kappa shape index (κ2) is 4.89. The van der Waals surface area contributed by atoms with E-state index in [0.717, 1.165) is 45.1 Å². The molecule has 1 aromatic rings. The van der Waals surface area contributed by atoms with E-state index in [1.165, 1.54) is 12.3 Å². The monoisotopic (exact) mass is 264 g/mol. The molecule has 2 fully saturated rings. The maximum absolute atomic E-state index is 13.0. The fourth-order valence-corrected chi connectivity index (χ4v) is 3.08. The Labute approximate surface area is 111 Å². The fraction of sp³-hybridized carbons (Fsp3) is 0.571. The van der Waals surface area contributed by atoms with Crippen LogP contribution in [0.1, 0.15) is 36.0 Å². The van der Waals surface area contributed by atoms with E-state index >= 15 is 0 Å². The molecule has 5 heteroatoms. The first kappa shape index (κ1) is 12.5. The quantitative estimate of drug-likeness (QED) is 0.887. The first-order valence-corrected chi connectivity index (χ1v) is 6.69. The third kappa shape index (κ3) is 2.34. The minimum absolute atomic E-state index is 0.187. The number of rotatable bonds is 2. The van der Waals surface area contributed by atoms with Gasteiger partial charge < -0.3 is 10.1 Å². The van der Waals surface area contributed by atoms with Crippen LogP contribution in [0.3, 0.4) is 0 Å². The molecule has 0 aromatic carbocycles. The van der Waals surface area contributed by atoms with Crippen LogP contribution in [-0.4, -0.2) is 30.1 Å². The van der Waals surface area contributed by atoms with Gasteiger partial charge in [0.05, 0.1) is 11.8 Å². The molecule has 0 bridgehead atoms. The van der Waals surface area contributed by atoms with Crippen molar-refractivity contribution in [3.63, 3.8) is 0 Å². The summed E-state index contributed by atoms with van der Waals surface area (Å²) in [6.45, 7) is 1.54. The molecule has 1 saturated carbocycles. The molecule has 1 atom stereocenters. The van der Waals surface area contributed by atoms with E-state index in [-0.39, 0.29) is 22.9 Å². The van der Waals surface area contributed by atoms with E-state index in [2.05, 4.69) is 10.3 Å². The molecule has 1 unspecified atom stereocenters. The van der Waals surface area contributed by atoms with Crippen LogP contribution in [0.25, 0.3) is 0 Å². The van der Waals surface area contributed by atoms with Crippen molar-refractivity contribution in [1.29, 1.82) is 0 Å². The van der Waals surface area contributed by atoms with Gasteiger partial charge in [-0.3, -0.25) is 9.78 Å². The number of nitrogens with one attached hydrogen (secondary N) is 1. The second-order valence-corrected chi connectivity index (χ2v) is 5.43. The zero-order valence-corrected chi connectivity index (χ0v) is 10.7. The first-order chi connectivity index (χ1) is 9.20. The van der Waals surface area contributed by atoms with Gasteiger partial charge >= 0.3 is 0 Å². The molecular weight excluding hydrogens is 247 g/mol. The van der Waals surface area contributed by atoms with E-state index in [0.29, 0.717) is 0 Å². The van der Waals surface area contributed by atoms with Gasteiger partial charge in [0.25, 0.3) is 5.91 Å². The second-order valence-electron chi connectivity index (χ2n) is 5.43. The number of hydrogen-bond donors (Lipinski definition) is 1. The molecule has 4 nitrogen and oxygen atoms in total. The van der Waals surface area contributed by atoms with Gasteiger partial charge in [0.1, 0.15) is 5.82 Å². The van der Waals surface area contributed by atoms with Crippen molar-refractivity contribution in [3.05, 3.63) is 29.8 Å². The molecule has 0 radical (unpaired) electrons. The molecule has 102 valence electrons. The van der Waals surface area contributed by atoms with E-state index in [9.17, 15) is 9.18 Å². The molecule has 1 amide bonds. The number of aromatic nitrogens is 1. The summed E-state index contributed by atoms with van der Waals surface area (Å²) in [6.07, 6.45) is 6.63. The summed E-state index contributed by atoms with van der Waals surface area (Å²) in [7, 11) is 0. The number of carbonyl (C=O) groups excluding carboxylic acids is 1. The van der Waals surface area contributed by atoms with Crippen molar-refractivity contribution < 1.29 is 13.9 Å². The zero-order chi connectivity index (χ0) is 13.3. The van der Waals surface area contributed by atoms with Gasteiger partial charge in [-0.2, -0.15) is 0 Å². The third-order valence-electron chi connectivity index (χ3n) is 4.43. The van der Waals surface area contributed by atoms with Crippen LogP contribution in [0.2, 0.25) is 0 Å². The molecule has 1 N–H and O–H groups in total. The number of pyridine rings is 1. The van der Waals surface area contributed by atoms with Gasteiger partial charge in [0.15, 0.2) is 0 Å². The Morgan fingerprint density at radius 2 is 2.16 bits per heavy atom. The summed E-state index contributed by atoms with van der Waals surface area (Å²) < 4.78 is 18.4. The van der Waals surface area contributed by atoms with Gasteiger partial charge in [-0.25, -0.2) is 4.39 Å². The molecule has 1 saturated heterocycles. The predicted molar refractivity (Wildman–Crippen MR) is 67.2 cm³/mol. The van der Waals surface area contributed by atoms with Gasteiger partial charge in [-0.15, -0.1) is 0 Å². The minimum atomic E-state index is -0.484. The van der Waals surface area contributed by atoms with Crippen LogP contribution in [0.4, 0.5) is 4.39 Å². The number of carbonyl (C=O) groups is 1. The molecule has 2 heterocycles. The summed E-state index contributed by atoms with van der Waals surface area (Å²) in [5.41, 5.74) is 0.489. The van der Waals surface area contributed by atoms with E-state index in [1.807, 2.05) is 0 Å². The Balaban J connectivity index is 1.67. The van der Waals surface area contributed by atoms with Crippen LogP contribution in [0, 0.1) is 11.2 Å². The average molecular weight is 264 g/mol. The normalized spacial score (nSPS) is 24.8. The average Bonchev–Trinajstić information content (AvgIpc) is 2.44. The van der Waals surface area contributed by atoms with Crippen molar-refractivity contribution in [2.24, 2.45) is 5.41 Å². The Morgan fingerprint density at radius 1 is 1.37 bits per heavy atom. The summed E-state index contributed by atoms with van der Waals surface area (Å²) in [5.74, 6) is -0.718.